The van der Waals surface area contributed by atoms with Crippen LogP contribution in [0.3, 0.4) is 0 Å². The van der Waals surface area contributed by atoms with Gasteiger partial charge in [-0.1, -0.05) is 64.1 Å². The number of carboxylic acids is 1. The van der Waals surface area contributed by atoms with Gasteiger partial charge in [0.15, 0.2) is 11.6 Å². The zero-order chi connectivity index (χ0) is 28.8. The molecule has 2 aliphatic carbocycles. The Labute approximate surface area is 244 Å². The normalized spacial score (nSPS) is 20.4. The fourth-order valence-corrected chi connectivity index (χ4v) is 6.92. The van der Waals surface area contributed by atoms with Crippen LogP contribution in [0, 0.1) is 10.8 Å². The summed E-state index contributed by atoms with van der Waals surface area (Å²) in [5, 5.41) is 9.54. The highest BCUT2D eigenvalue weighted by atomic mass is 79.9. The first-order valence-corrected chi connectivity index (χ1v) is 14.6. The molecular weight excluding hydrogens is 570 g/mol. The lowest BCUT2D eigenvalue weighted by Gasteiger charge is -2.49. The standard InChI is InChI=1S/C33H36BrNO5/c1-32(2)15-23-30(25(36)17-32)29(21-10-11-27(22(34)14-21)40-19-20-8-6-5-7-9-20)31-24(35(23)13-12-28(38)39)16-33(3,4)18-26(31)37/h5-11,14,29H,12-13,15-19H2,1-4H3,(H,38,39). The molecule has 5 rings (SSSR count). The van der Waals surface area contributed by atoms with Crippen LogP contribution in [0.25, 0.3) is 0 Å². The van der Waals surface area contributed by atoms with Gasteiger partial charge in [0, 0.05) is 47.8 Å². The molecule has 40 heavy (non-hydrogen) atoms. The van der Waals surface area contributed by atoms with Crippen molar-refractivity contribution in [2.24, 2.45) is 10.8 Å². The molecule has 0 saturated carbocycles. The maximum Gasteiger partial charge on any atom is 0.305 e. The van der Waals surface area contributed by atoms with Gasteiger partial charge < -0.3 is 14.7 Å². The number of rotatable bonds is 7. The number of halogens is 1. The average Bonchev–Trinajstić information content (AvgIpc) is 2.85. The van der Waals surface area contributed by atoms with Crippen molar-refractivity contribution in [2.45, 2.75) is 72.3 Å². The van der Waals surface area contributed by atoms with Gasteiger partial charge in [0.25, 0.3) is 0 Å². The van der Waals surface area contributed by atoms with E-state index in [0.29, 0.717) is 49.2 Å². The maximum atomic E-state index is 13.9. The van der Waals surface area contributed by atoms with Crippen LogP contribution in [0.2, 0.25) is 0 Å². The third-order valence-electron chi connectivity index (χ3n) is 8.10. The molecule has 1 aliphatic heterocycles. The number of carboxylic acid groups (broad SMARTS) is 1. The Morgan fingerprint density at radius 2 is 1.50 bits per heavy atom. The number of carbonyl (C=O) groups excluding carboxylic acids is 2. The molecular formula is C33H36BrNO5. The predicted molar refractivity (Wildman–Crippen MR) is 157 cm³/mol. The minimum atomic E-state index is -0.899. The second-order valence-corrected chi connectivity index (χ2v) is 13.6. The van der Waals surface area contributed by atoms with E-state index in [-0.39, 0.29) is 35.4 Å². The number of carbonyl (C=O) groups is 3. The zero-order valence-electron chi connectivity index (χ0n) is 23.6. The summed E-state index contributed by atoms with van der Waals surface area (Å²) in [5.74, 6) is -0.647. The van der Waals surface area contributed by atoms with E-state index in [1.165, 1.54) is 0 Å². The van der Waals surface area contributed by atoms with E-state index in [1.807, 2.05) is 53.4 Å². The minimum absolute atomic E-state index is 0.0290. The van der Waals surface area contributed by atoms with Crippen molar-refractivity contribution in [3.8, 4) is 5.75 Å². The van der Waals surface area contributed by atoms with E-state index in [4.69, 9.17) is 4.74 Å². The highest BCUT2D eigenvalue weighted by Gasteiger charge is 2.49. The van der Waals surface area contributed by atoms with E-state index < -0.39 is 11.9 Å². The van der Waals surface area contributed by atoms with E-state index in [9.17, 15) is 19.5 Å². The molecule has 0 radical (unpaired) electrons. The summed E-state index contributed by atoms with van der Waals surface area (Å²) >= 11 is 3.68. The van der Waals surface area contributed by atoms with Gasteiger partial charge in [-0.15, -0.1) is 0 Å². The quantitative estimate of drug-likeness (QED) is 0.359. The molecule has 0 bridgehead atoms. The SMILES string of the molecule is CC1(C)CC(=O)C2=C(C1)N(CCC(=O)O)C1=C(C(=O)CC(C)(C)C1)C2c1ccc(OCc2ccccc2)c(Br)c1. The maximum absolute atomic E-state index is 13.9. The number of ether oxygens (including phenoxy) is 1. The first-order valence-electron chi connectivity index (χ1n) is 13.8. The molecule has 0 spiro atoms. The molecule has 6 nitrogen and oxygen atoms in total. The van der Waals surface area contributed by atoms with Gasteiger partial charge in [0.05, 0.1) is 10.9 Å². The van der Waals surface area contributed by atoms with Gasteiger partial charge in [-0.05, 0) is 62.9 Å². The molecule has 0 aromatic heterocycles. The summed E-state index contributed by atoms with van der Waals surface area (Å²) in [6.45, 7) is 8.97. The molecule has 1 heterocycles. The van der Waals surface area contributed by atoms with Crippen LogP contribution in [0.5, 0.6) is 5.75 Å². The molecule has 1 N–H and O–H groups in total. The van der Waals surface area contributed by atoms with Gasteiger partial charge >= 0.3 is 5.97 Å². The smallest absolute Gasteiger partial charge is 0.305 e. The topological polar surface area (TPSA) is 83.9 Å². The molecule has 210 valence electrons. The minimum Gasteiger partial charge on any atom is -0.488 e. The van der Waals surface area contributed by atoms with E-state index >= 15 is 0 Å². The van der Waals surface area contributed by atoms with Crippen molar-refractivity contribution >= 4 is 33.5 Å². The lowest BCUT2D eigenvalue weighted by atomic mass is 9.63. The second-order valence-electron chi connectivity index (χ2n) is 12.8. The molecule has 2 aromatic rings. The van der Waals surface area contributed by atoms with E-state index in [1.54, 1.807) is 0 Å². The largest absolute Gasteiger partial charge is 0.488 e. The first-order chi connectivity index (χ1) is 18.8. The van der Waals surface area contributed by atoms with Crippen molar-refractivity contribution in [3.05, 3.63) is 86.7 Å². The third-order valence-corrected chi connectivity index (χ3v) is 8.72. The van der Waals surface area contributed by atoms with Crippen molar-refractivity contribution < 1.29 is 24.2 Å². The number of benzene rings is 2. The monoisotopic (exact) mass is 605 g/mol. The van der Waals surface area contributed by atoms with Crippen molar-refractivity contribution in [3.63, 3.8) is 0 Å². The van der Waals surface area contributed by atoms with Gasteiger partial charge in [-0.2, -0.15) is 0 Å². The van der Waals surface area contributed by atoms with Crippen LogP contribution < -0.4 is 4.74 Å². The third kappa shape index (κ3) is 5.67. The zero-order valence-corrected chi connectivity index (χ0v) is 25.1. The Kier molecular flexibility index (Phi) is 7.55. The van der Waals surface area contributed by atoms with E-state index in [0.717, 1.165) is 27.0 Å². The lowest BCUT2D eigenvalue weighted by Crippen LogP contribution is -2.45. The number of ketones is 2. The summed E-state index contributed by atoms with van der Waals surface area (Å²) in [4.78, 5) is 41.4. The summed E-state index contributed by atoms with van der Waals surface area (Å²) in [6.07, 6.45) is 2.00. The number of nitrogens with zero attached hydrogens (tertiary/aromatic N) is 1. The number of allylic oxidation sites excluding steroid dienone is 4. The Morgan fingerprint density at radius 1 is 0.925 bits per heavy atom. The lowest BCUT2D eigenvalue weighted by molar-refractivity contribution is -0.137. The predicted octanol–water partition coefficient (Wildman–Crippen LogP) is 7.19. The molecule has 3 aliphatic rings. The van der Waals surface area contributed by atoms with Crippen LogP contribution >= 0.6 is 15.9 Å². The van der Waals surface area contributed by atoms with Crippen molar-refractivity contribution in [2.75, 3.05) is 6.54 Å². The van der Waals surface area contributed by atoms with Gasteiger partial charge in [0.2, 0.25) is 0 Å². The summed E-state index contributed by atoms with van der Waals surface area (Å²) in [7, 11) is 0. The van der Waals surface area contributed by atoms with Crippen molar-refractivity contribution in [1.29, 1.82) is 0 Å². The first kappa shape index (κ1) is 28.3. The molecule has 0 fully saturated rings. The highest BCUT2D eigenvalue weighted by molar-refractivity contribution is 9.10. The number of aliphatic carboxylic acids is 1. The Hall–Kier alpha value is -3.19. The molecule has 0 amide bonds. The second kappa shape index (κ2) is 10.7. The highest BCUT2D eigenvalue weighted by Crippen LogP contribution is 2.54. The van der Waals surface area contributed by atoms with Gasteiger partial charge in [-0.25, -0.2) is 0 Å². The molecule has 0 atom stereocenters. The summed E-state index contributed by atoms with van der Waals surface area (Å²) < 4.78 is 6.83. The summed E-state index contributed by atoms with van der Waals surface area (Å²) in [6, 6.07) is 15.7. The van der Waals surface area contributed by atoms with Crippen molar-refractivity contribution in [1.82, 2.24) is 4.90 Å². The fourth-order valence-electron chi connectivity index (χ4n) is 6.41. The Balaban J connectivity index is 1.61. The van der Waals surface area contributed by atoms with Crippen LogP contribution in [-0.4, -0.2) is 34.1 Å². The van der Waals surface area contributed by atoms with Crippen LogP contribution in [0.4, 0.5) is 0 Å². The van der Waals surface area contributed by atoms with Gasteiger partial charge in [-0.3, -0.25) is 14.4 Å². The number of Topliss-reactive ketones (excluding diaryl/α,β-unsaturated/α-hetero) is 2. The van der Waals surface area contributed by atoms with Crippen LogP contribution in [0.1, 0.15) is 76.8 Å². The molecule has 0 unspecified atom stereocenters. The average molecular weight is 607 g/mol. The molecule has 0 saturated heterocycles. The Bertz CT molecular complexity index is 1380. The summed E-state index contributed by atoms with van der Waals surface area (Å²) in [5.41, 5.74) is 4.42. The van der Waals surface area contributed by atoms with Gasteiger partial charge in [0.1, 0.15) is 12.4 Å². The van der Waals surface area contributed by atoms with E-state index in [2.05, 4.69) is 43.6 Å². The molecule has 7 heteroatoms. The molecule has 2 aromatic carbocycles. The van der Waals surface area contributed by atoms with Crippen LogP contribution in [-0.2, 0) is 21.0 Å². The fraction of sp³-hybridized carbons (Fsp3) is 0.424. The Morgan fingerprint density at radius 3 is 2.02 bits per heavy atom. The number of hydrogen-bond acceptors (Lipinski definition) is 5. The number of hydrogen-bond donors (Lipinski definition) is 1. The van der Waals surface area contributed by atoms with Crippen LogP contribution in [0.15, 0.2) is 75.5 Å².